The van der Waals surface area contributed by atoms with E-state index < -0.39 is 0 Å². The molecule has 2 atom stereocenters. The molecule has 6 heteroatoms. The molecule has 2 N–H and O–H groups in total. The number of aromatic nitrogens is 2. The number of ether oxygens (including phenoxy) is 1. The molecule has 0 saturated carbocycles. The molecule has 134 valence electrons. The molecule has 2 aromatic rings. The van der Waals surface area contributed by atoms with Crippen LogP contribution in [0.25, 0.3) is 0 Å². The van der Waals surface area contributed by atoms with Crippen LogP contribution in [0.15, 0.2) is 36.5 Å². The van der Waals surface area contributed by atoms with E-state index in [1.165, 1.54) is 12.1 Å². The van der Waals surface area contributed by atoms with Crippen LogP contribution < -0.4 is 20.3 Å². The van der Waals surface area contributed by atoms with Crippen LogP contribution in [-0.2, 0) is 6.54 Å². The van der Waals surface area contributed by atoms with E-state index in [0.717, 1.165) is 50.8 Å². The highest BCUT2D eigenvalue weighted by Gasteiger charge is 2.25. The summed E-state index contributed by atoms with van der Waals surface area (Å²) in [5.74, 6) is 3.40. The third kappa shape index (κ3) is 3.58. The quantitative estimate of drug-likeness (QED) is 0.842. The fourth-order valence-electron chi connectivity index (χ4n) is 3.92. The van der Waals surface area contributed by atoms with Crippen molar-refractivity contribution in [3.63, 3.8) is 0 Å². The van der Waals surface area contributed by atoms with Gasteiger partial charge in [0.15, 0.2) is 0 Å². The second kappa shape index (κ2) is 7.35. The number of rotatable bonds is 6. The minimum absolute atomic E-state index is 0.596. The molecule has 1 aromatic heterocycles. The van der Waals surface area contributed by atoms with Gasteiger partial charge in [0.05, 0.1) is 19.0 Å². The van der Waals surface area contributed by atoms with Gasteiger partial charge in [0, 0.05) is 44.7 Å². The molecule has 1 fully saturated rings. The number of nitrogens with zero attached hydrogens (tertiary/aromatic N) is 3. The van der Waals surface area contributed by atoms with Crippen molar-refractivity contribution >= 4 is 11.5 Å². The van der Waals surface area contributed by atoms with Crippen molar-refractivity contribution in [2.24, 2.45) is 11.8 Å². The van der Waals surface area contributed by atoms with E-state index in [4.69, 9.17) is 4.74 Å². The Morgan fingerprint density at radius 1 is 1.20 bits per heavy atom. The topological polar surface area (TPSA) is 54.4 Å². The van der Waals surface area contributed by atoms with E-state index in [1.54, 1.807) is 7.11 Å². The Kier molecular flexibility index (Phi) is 4.78. The summed E-state index contributed by atoms with van der Waals surface area (Å²) < 4.78 is 7.57. The van der Waals surface area contributed by atoms with Crippen LogP contribution >= 0.6 is 0 Å². The number of nitrogens with one attached hydrogen (secondary N) is 2. The van der Waals surface area contributed by atoms with Gasteiger partial charge in [-0.3, -0.25) is 0 Å². The summed E-state index contributed by atoms with van der Waals surface area (Å²) >= 11 is 0. The summed E-state index contributed by atoms with van der Waals surface area (Å²) in [6.45, 7) is 6.34. The summed E-state index contributed by atoms with van der Waals surface area (Å²) in [6, 6.07) is 10.4. The highest BCUT2D eigenvalue weighted by atomic mass is 16.5. The summed E-state index contributed by atoms with van der Waals surface area (Å²) in [6.07, 6.45) is 3.10. The number of hydrogen-bond acceptors (Lipinski definition) is 5. The first-order valence-corrected chi connectivity index (χ1v) is 9.18. The van der Waals surface area contributed by atoms with Gasteiger partial charge in [-0.15, -0.1) is 0 Å². The lowest BCUT2D eigenvalue weighted by Gasteiger charge is -2.26. The molecule has 0 spiro atoms. The highest BCUT2D eigenvalue weighted by Crippen LogP contribution is 2.31. The Balaban J connectivity index is 1.24. The average molecular weight is 341 g/mol. The first kappa shape index (κ1) is 16.3. The van der Waals surface area contributed by atoms with Gasteiger partial charge in [-0.2, -0.15) is 5.10 Å². The van der Waals surface area contributed by atoms with E-state index in [-0.39, 0.29) is 0 Å². The van der Waals surface area contributed by atoms with Gasteiger partial charge in [-0.25, -0.2) is 4.68 Å². The standard InChI is InChI=1S/C19H27N5O/c1-25-18-5-3-2-4-17(18)23-9-7-15(13-23)10-20-11-16-12-21-19-6-8-22-24(19)14-16/h2-6,8,15-16,20-21H,7,9-14H2,1H3/t15-,16-/m1/s1. The number of methoxy groups -OCH3 is 1. The van der Waals surface area contributed by atoms with E-state index in [9.17, 15) is 0 Å². The fourth-order valence-corrected chi connectivity index (χ4v) is 3.92. The fraction of sp³-hybridized carbons (Fsp3) is 0.526. The van der Waals surface area contributed by atoms with Crippen LogP contribution in [0.2, 0.25) is 0 Å². The normalized spacial score (nSPS) is 22.5. The molecule has 1 saturated heterocycles. The predicted octanol–water partition coefficient (Wildman–Crippen LogP) is 2.05. The Morgan fingerprint density at radius 3 is 3.00 bits per heavy atom. The van der Waals surface area contributed by atoms with Crippen molar-refractivity contribution in [1.82, 2.24) is 15.1 Å². The second-order valence-corrected chi connectivity index (χ2v) is 7.08. The van der Waals surface area contributed by atoms with Crippen molar-refractivity contribution in [2.75, 3.05) is 50.1 Å². The van der Waals surface area contributed by atoms with Crippen LogP contribution in [0.5, 0.6) is 5.75 Å². The van der Waals surface area contributed by atoms with Crippen molar-refractivity contribution in [3.8, 4) is 5.75 Å². The lowest BCUT2D eigenvalue weighted by Crippen LogP contribution is -2.37. The summed E-state index contributed by atoms with van der Waals surface area (Å²) in [7, 11) is 1.75. The van der Waals surface area contributed by atoms with E-state index in [0.29, 0.717) is 11.8 Å². The van der Waals surface area contributed by atoms with Gasteiger partial charge in [-0.05, 0) is 31.0 Å². The second-order valence-electron chi connectivity index (χ2n) is 7.08. The molecule has 0 unspecified atom stereocenters. The number of fused-ring (bicyclic) bond motifs is 1. The van der Waals surface area contributed by atoms with Crippen LogP contribution in [0.1, 0.15) is 6.42 Å². The molecule has 1 aromatic carbocycles. The van der Waals surface area contributed by atoms with Crippen LogP contribution in [0, 0.1) is 11.8 Å². The third-order valence-corrected chi connectivity index (χ3v) is 5.30. The molecular formula is C19H27N5O. The third-order valence-electron chi connectivity index (χ3n) is 5.30. The summed E-state index contributed by atoms with van der Waals surface area (Å²) in [5.41, 5.74) is 1.22. The minimum Gasteiger partial charge on any atom is -0.495 e. The molecule has 25 heavy (non-hydrogen) atoms. The van der Waals surface area contributed by atoms with Crippen molar-refractivity contribution in [3.05, 3.63) is 36.5 Å². The monoisotopic (exact) mass is 341 g/mol. The maximum absolute atomic E-state index is 5.50. The van der Waals surface area contributed by atoms with Crippen molar-refractivity contribution < 1.29 is 4.74 Å². The van der Waals surface area contributed by atoms with E-state index in [1.807, 2.05) is 24.4 Å². The Hall–Kier alpha value is -2.21. The lowest BCUT2D eigenvalue weighted by atomic mass is 10.1. The molecule has 6 nitrogen and oxygen atoms in total. The Morgan fingerprint density at radius 2 is 2.08 bits per heavy atom. The SMILES string of the molecule is COc1ccccc1N1CC[C@H](CNC[C@@H]2CNc3ccnn3C2)C1. The van der Waals surface area contributed by atoms with Crippen LogP contribution in [0.3, 0.4) is 0 Å². The maximum atomic E-state index is 5.50. The first-order valence-electron chi connectivity index (χ1n) is 9.18. The molecule has 0 bridgehead atoms. The molecule has 4 rings (SSSR count). The zero-order valence-electron chi connectivity index (χ0n) is 14.8. The van der Waals surface area contributed by atoms with Crippen LogP contribution in [-0.4, -0.2) is 49.6 Å². The van der Waals surface area contributed by atoms with Gasteiger partial charge < -0.3 is 20.3 Å². The van der Waals surface area contributed by atoms with E-state index in [2.05, 4.69) is 37.4 Å². The molecule has 0 amide bonds. The molecule has 0 radical (unpaired) electrons. The number of benzene rings is 1. The van der Waals surface area contributed by atoms with Gasteiger partial charge in [0.2, 0.25) is 0 Å². The van der Waals surface area contributed by atoms with Gasteiger partial charge in [-0.1, -0.05) is 12.1 Å². The van der Waals surface area contributed by atoms with Gasteiger partial charge >= 0.3 is 0 Å². The Bertz CT molecular complexity index is 701. The minimum atomic E-state index is 0.596. The maximum Gasteiger partial charge on any atom is 0.142 e. The highest BCUT2D eigenvalue weighted by molar-refractivity contribution is 5.59. The van der Waals surface area contributed by atoms with Gasteiger partial charge in [0.1, 0.15) is 11.6 Å². The first-order chi connectivity index (χ1) is 12.3. The summed E-state index contributed by atoms with van der Waals surface area (Å²) in [4.78, 5) is 2.45. The zero-order valence-corrected chi connectivity index (χ0v) is 14.8. The predicted molar refractivity (Wildman–Crippen MR) is 100 cm³/mol. The Labute approximate surface area is 149 Å². The number of anilines is 2. The van der Waals surface area contributed by atoms with Crippen LogP contribution in [0.4, 0.5) is 11.5 Å². The summed E-state index contributed by atoms with van der Waals surface area (Å²) in [5, 5.41) is 11.5. The average Bonchev–Trinajstić information content (AvgIpc) is 3.30. The molecule has 3 heterocycles. The lowest BCUT2D eigenvalue weighted by molar-refractivity contribution is 0.378. The molecule has 2 aliphatic rings. The molecule has 0 aliphatic carbocycles. The number of para-hydroxylation sites is 2. The number of hydrogen-bond donors (Lipinski definition) is 2. The smallest absolute Gasteiger partial charge is 0.142 e. The largest absolute Gasteiger partial charge is 0.495 e. The van der Waals surface area contributed by atoms with Gasteiger partial charge in [0.25, 0.3) is 0 Å². The van der Waals surface area contributed by atoms with Crippen molar-refractivity contribution in [2.45, 2.75) is 13.0 Å². The van der Waals surface area contributed by atoms with E-state index >= 15 is 0 Å². The molecule has 2 aliphatic heterocycles. The zero-order chi connectivity index (χ0) is 17.1. The molecular weight excluding hydrogens is 314 g/mol. The van der Waals surface area contributed by atoms with Crippen molar-refractivity contribution in [1.29, 1.82) is 0 Å².